The normalized spacial score (nSPS) is 19.2. The van der Waals surface area contributed by atoms with E-state index in [0.29, 0.717) is 12.0 Å². The number of nitrogens with zero attached hydrogens (tertiary/aromatic N) is 3. The Hall–Kier alpha value is -2.65. The van der Waals surface area contributed by atoms with E-state index in [1.807, 2.05) is 6.92 Å². The second-order valence-electron chi connectivity index (χ2n) is 7.66. The number of guanidine groups is 1. The predicted molar refractivity (Wildman–Crippen MR) is 124 cm³/mol. The fourth-order valence-electron chi connectivity index (χ4n) is 2.55. The number of phosphoric acid groups is 1. The van der Waals surface area contributed by atoms with Gasteiger partial charge in [0, 0.05) is 23.6 Å². The lowest BCUT2D eigenvalue weighted by molar-refractivity contribution is -0.0451. The maximum Gasteiger partial charge on any atom is 0.469 e. The summed E-state index contributed by atoms with van der Waals surface area (Å²) in [4.78, 5) is 45.2. The monoisotopic (exact) mass is 540 g/mol. The number of aromatic amines is 1. The van der Waals surface area contributed by atoms with Crippen LogP contribution in [-0.4, -0.2) is 84.4 Å². The topological polar surface area (TPSA) is 300 Å². The van der Waals surface area contributed by atoms with Gasteiger partial charge in [0.05, 0.1) is 32.5 Å². The molecule has 18 heteroatoms. The molecule has 0 spiro atoms. The Balaban J connectivity index is 0.000000675. The third kappa shape index (κ3) is 11.4. The standard InChI is InChI=1S/C10H15N2O8P.C6H14O3.C2H4N4/c1-5-3-12(10(15)11-9(5)14)8-2-6(13)7(20-8)4-19-21(16,17)18;1-2-6(3-7,4-8)5-9;3-1-6-2(4)5/h3,6-8,13H,2,4H2,1H3,(H,11,14,15)(H2,16,17,18);7-9H,2-5H2,1H3;(H4,4,5,6)/t6-,7+,8+;;/m0../s1. The van der Waals surface area contributed by atoms with Crippen LogP contribution in [0.3, 0.4) is 0 Å². The van der Waals surface area contributed by atoms with Crippen molar-refractivity contribution in [1.82, 2.24) is 9.55 Å². The molecule has 3 atom stereocenters. The van der Waals surface area contributed by atoms with Gasteiger partial charge in [0.25, 0.3) is 5.56 Å². The van der Waals surface area contributed by atoms with E-state index in [-0.39, 0.29) is 32.2 Å². The van der Waals surface area contributed by atoms with Crippen molar-refractivity contribution >= 4 is 13.8 Å². The van der Waals surface area contributed by atoms with Crippen molar-refractivity contribution in [3.8, 4) is 6.19 Å². The zero-order valence-electron chi connectivity index (χ0n) is 19.7. The summed E-state index contributed by atoms with van der Waals surface area (Å²) in [5.74, 6) is -0.197. The molecule has 0 bridgehead atoms. The Kier molecular flexibility index (Phi) is 14.3. The number of phosphoric ester groups is 1. The van der Waals surface area contributed by atoms with Gasteiger partial charge in [0.15, 0.2) is 0 Å². The first-order valence-corrected chi connectivity index (χ1v) is 11.9. The van der Waals surface area contributed by atoms with Crippen LogP contribution in [0.25, 0.3) is 0 Å². The number of aliphatic hydroxyl groups excluding tert-OH is 4. The van der Waals surface area contributed by atoms with Crippen molar-refractivity contribution in [2.75, 3.05) is 26.4 Å². The molecular weight excluding hydrogens is 507 g/mol. The summed E-state index contributed by atoms with van der Waals surface area (Å²) in [5.41, 5.74) is 7.83. The first-order valence-electron chi connectivity index (χ1n) is 10.3. The van der Waals surface area contributed by atoms with Crippen molar-refractivity contribution in [1.29, 1.82) is 5.26 Å². The van der Waals surface area contributed by atoms with Crippen LogP contribution in [0, 0.1) is 23.8 Å². The lowest BCUT2D eigenvalue weighted by atomic mass is 9.88. The molecule has 0 amide bonds. The lowest BCUT2D eigenvalue weighted by Gasteiger charge is -2.24. The highest BCUT2D eigenvalue weighted by Crippen LogP contribution is 2.38. The minimum atomic E-state index is -4.67. The van der Waals surface area contributed by atoms with Gasteiger partial charge in [-0.25, -0.2) is 9.36 Å². The molecule has 206 valence electrons. The van der Waals surface area contributed by atoms with Gasteiger partial charge >= 0.3 is 13.5 Å². The highest BCUT2D eigenvalue weighted by Gasteiger charge is 2.37. The maximum absolute atomic E-state index is 11.7. The van der Waals surface area contributed by atoms with E-state index in [9.17, 15) is 19.3 Å². The average molecular weight is 540 g/mol. The Morgan fingerprint density at radius 2 is 1.89 bits per heavy atom. The molecule has 0 saturated carbocycles. The van der Waals surface area contributed by atoms with E-state index in [2.05, 4.69) is 14.5 Å². The minimum absolute atomic E-state index is 0.0283. The quantitative estimate of drug-likeness (QED) is 0.0675. The molecule has 1 saturated heterocycles. The van der Waals surface area contributed by atoms with Crippen LogP contribution in [0.5, 0.6) is 0 Å². The molecule has 11 N–H and O–H groups in total. The molecule has 0 unspecified atom stereocenters. The first kappa shape index (κ1) is 33.4. The second kappa shape index (κ2) is 15.5. The number of nitrogens with two attached hydrogens (primary N) is 2. The fourth-order valence-corrected chi connectivity index (χ4v) is 2.89. The molecule has 2 heterocycles. The van der Waals surface area contributed by atoms with Crippen LogP contribution in [0.2, 0.25) is 0 Å². The van der Waals surface area contributed by atoms with E-state index in [4.69, 9.17) is 46.6 Å². The minimum Gasteiger partial charge on any atom is -0.396 e. The van der Waals surface area contributed by atoms with E-state index in [0.717, 1.165) is 4.57 Å². The van der Waals surface area contributed by atoms with Crippen LogP contribution < -0.4 is 22.7 Å². The van der Waals surface area contributed by atoms with Gasteiger partial charge in [0.2, 0.25) is 12.2 Å². The summed E-state index contributed by atoms with van der Waals surface area (Å²) in [6, 6.07) is 0. The van der Waals surface area contributed by atoms with Crippen LogP contribution >= 0.6 is 7.82 Å². The summed E-state index contributed by atoms with van der Waals surface area (Å²) >= 11 is 0. The third-order valence-corrected chi connectivity index (χ3v) is 5.49. The number of hydrogen-bond donors (Lipinski definition) is 9. The van der Waals surface area contributed by atoms with Crippen LogP contribution in [-0.2, 0) is 13.8 Å². The van der Waals surface area contributed by atoms with Crippen molar-refractivity contribution in [3.05, 3.63) is 32.6 Å². The highest BCUT2D eigenvalue weighted by atomic mass is 31.2. The second-order valence-corrected chi connectivity index (χ2v) is 8.90. The van der Waals surface area contributed by atoms with E-state index in [1.165, 1.54) is 19.3 Å². The van der Waals surface area contributed by atoms with Gasteiger partial charge in [-0.3, -0.25) is 18.9 Å². The fraction of sp³-hybridized carbons (Fsp3) is 0.667. The molecule has 0 aliphatic carbocycles. The third-order valence-electron chi connectivity index (χ3n) is 5.00. The van der Waals surface area contributed by atoms with Crippen molar-refractivity contribution < 1.29 is 44.0 Å². The number of aliphatic hydroxyl groups is 4. The van der Waals surface area contributed by atoms with Gasteiger partial charge in [-0.1, -0.05) is 6.92 Å². The highest BCUT2D eigenvalue weighted by molar-refractivity contribution is 7.46. The van der Waals surface area contributed by atoms with Gasteiger partial charge in [-0.15, -0.1) is 4.99 Å². The molecule has 36 heavy (non-hydrogen) atoms. The number of aryl methyl sites for hydroxylation is 1. The SMILES string of the molecule is CCC(CO)(CO)CO.Cc1cn([C@H]2C[C@H](O)[C@@H](COP(=O)(O)O)O2)c(=O)[nH]c1=O.N#CN=C(N)N. The molecule has 1 aliphatic rings. The van der Waals surface area contributed by atoms with Crippen molar-refractivity contribution in [2.45, 2.75) is 45.1 Å². The van der Waals surface area contributed by atoms with Crippen molar-refractivity contribution in [2.24, 2.45) is 21.9 Å². The number of nitriles is 1. The number of rotatable bonds is 8. The molecule has 1 aromatic heterocycles. The van der Waals surface area contributed by atoms with Gasteiger partial charge in [0.1, 0.15) is 12.3 Å². The molecule has 1 fully saturated rings. The Morgan fingerprint density at radius 3 is 2.25 bits per heavy atom. The average Bonchev–Trinajstić information content (AvgIpc) is 3.17. The number of aromatic nitrogens is 2. The van der Waals surface area contributed by atoms with Crippen LogP contribution in [0.15, 0.2) is 20.8 Å². The molecule has 0 radical (unpaired) electrons. The predicted octanol–water partition coefficient (Wildman–Crippen LogP) is -3.30. The number of nitrogens with one attached hydrogen (secondary N) is 1. The number of ether oxygens (including phenoxy) is 1. The Morgan fingerprint density at radius 1 is 1.33 bits per heavy atom. The zero-order valence-corrected chi connectivity index (χ0v) is 20.6. The number of H-pyrrole nitrogens is 1. The Labute approximate surface area is 205 Å². The molecule has 2 rings (SSSR count). The summed E-state index contributed by atoms with van der Waals surface area (Å²) in [6.45, 7) is 2.35. The first-order chi connectivity index (χ1) is 16.7. The summed E-state index contributed by atoms with van der Waals surface area (Å²) in [6.07, 6.45) is 0.431. The van der Waals surface area contributed by atoms with Crippen LogP contribution in [0.1, 0.15) is 31.6 Å². The van der Waals surface area contributed by atoms with E-state index >= 15 is 0 Å². The maximum atomic E-state index is 11.7. The molecular formula is C18H33N6O11P. The largest absolute Gasteiger partial charge is 0.469 e. The van der Waals surface area contributed by atoms with Gasteiger partial charge in [-0.2, -0.15) is 5.26 Å². The number of hydrogen-bond acceptors (Lipinski definition) is 11. The van der Waals surface area contributed by atoms with Crippen LogP contribution in [0.4, 0.5) is 0 Å². The summed E-state index contributed by atoms with van der Waals surface area (Å²) in [7, 11) is -4.67. The van der Waals surface area contributed by atoms with E-state index < -0.39 is 49.5 Å². The van der Waals surface area contributed by atoms with Gasteiger partial charge in [-0.05, 0) is 13.3 Å². The molecule has 0 aromatic carbocycles. The summed E-state index contributed by atoms with van der Waals surface area (Å²) < 4.78 is 21.4. The Bertz CT molecular complexity index is 1020. The van der Waals surface area contributed by atoms with E-state index in [1.54, 1.807) is 0 Å². The summed E-state index contributed by atoms with van der Waals surface area (Å²) in [5, 5.41) is 43.4. The molecule has 17 nitrogen and oxygen atoms in total. The zero-order chi connectivity index (χ0) is 28.1. The van der Waals surface area contributed by atoms with Crippen molar-refractivity contribution in [3.63, 3.8) is 0 Å². The number of aliphatic imine (C=N–C) groups is 1. The smallest absolute Gasteiger partial charge is 0.396 e. The molecule has 1 aliphatic heterocycles. The van der Waals surface area contributed by atoms with Gasteiger partial charge < -0.3 is 46.4 Å². The lowest BCUT2D eigenvalue weighted by Crippen LogP contribution is -2.33. The molecule has 1 aromatic rings.